The van der Waals surface area contributed by atoms with Crippen molar-refractivity contribution in [1.82, 2.24) is 9.78 Å². The lowest BCUT2D eigenvalue weighted by atomic mass is 10.1. The maximum Gasteiger partial charge on any atom is 0.0685 e. The summed E-state index contributed by atoms with van der Waals surface area (Å²) in [6.45, 7) is 2.14. The highest BCUT2D eigenvalue weighted by Crippen LogP contribution is 2.34. The van der Waals surface area contributed by atoms with Crippen molar-refractivity contribution < 1.29 is 0 Å². The monoisotopic (exact) mass is 452 g/mol. The Bertz CT molecular complexity index is 752. The van der Waals surface area contributed by atoms with Crippen LogP contribution in [0.25, 0.3) is 5.69 Å². The number of nitrogens with zero attached hydrogens (tertiary/aromatic N) is 2. The van der Waals surface area contributed by atoms with E-state index < -0.39 is 0 Å². The molecular formula is C17H14BrIN2. The average molecular weight is 453 g/mol. The number of rotatable bonds is 3. The molecular weight excluding hydrogens is 439 g/mol. The van der Waals surface area contributed by atoms with Gasteiger partial charge in [0.25, 0.3) is 0 Å². The number of alkyl halides is 1. The Hall–Kier alpha value is -1.14. The van der Waals surface area contributed by atoms with Gasteiger partial charge in [-0.1, -0.05) is 52.3 Å². The zero-order valence-electron chi connectivity index (χ0n) is 11.5. The van der Waals surface area contributed by atoms with E-state index in [1.807, 2.05) is 29.1 Å². The van der Waals surface area contributed by atoms with Crippen molar-refractivity contribution in [1.29, 1.82) is 0 Å². The molecule has 2 nitrogen and oxygen atoms in total. The SMILES string of the molecule is Cc1cccc(C(Br)c2cnn(-c3ccccc3)c2)c1I. The van der Waals surface area contributed by atoms with Crippen molar-refractivity contribution >= 4 is 38.5 Å². The molecule has 0 saturated heterocycles. The second-order valence-corrected chi connectivity index (χ2v) is 6.89. The second kappa shape index (κ2) is 6.32. The Morgan fingerprint density at radius 2 is 1.86 bits per heavy atom. The molecule has 1 heterocycles. The fourth-order valence-electron chi connectivity index (χ4n) is 2.23. The summed E-state index contributed by atoms with van der Waals surface area (Å²) in [7, 11) is 0. The lowest BCUT2D eigenvalue weighted by Gasteiger charge is -2.12. The normalized spacial score (nSPS) is 12.3. The first-order valence-corrected chi connectivity index (χ1v) is 8.65. The van der Waals surface area contributed by atoms with Gasteiger partial charge in [0.1, 0.15) is 0 Å². The van der Waals surface area contributed by atoms with E-state index in [2.05, 4.69) is 87.1 Å². The molecule has 2 aromatic carbocycles. The minimum Gasteiger partial charge on any atom is -0.241 e. The Morgan fingerprint density at radius 1 is 1.10 bits per heavy atom. The summed E-state index contributed by atoms with van der Waals surface area (Å²) in [4.78, 5) is 0.154. The molecule has 3 rings (SSSR count). The van der Waals surface area contributed by atoms with Crippen LogP contribution in [0.5, 0.6) is 0 Å². The van der Waals surface area contributed by atoms with Gasteiger partial charge in [-0.25, -0.2) is 4.68 Å². The lowest BCUT2D eigenvalue weighted by molar-refractivity contribution is 0.880. The van der Waals surface area contributed by atoms with Crippen LogP contribution in [0.1, 0.15) is 21.5 Å². The number of aromatic nitrogens is 2. The van der Waals surface area contributed by atoms with Gasteiger partial charge >= 0.3 is 0 Å². The van der Waals surface area contributed by atoms with Crippen LogP contribution in [0.15, 0.2) is 60.9 Å². The van der Waals surface area contributed by atoms with E-state index >= 15 is 0 Å². The molecule has 21 heavy (non-hydrogen) atoms. The third-order valence-corrected chi connectivity index (χ3v) is 5.91. The molecule has 106 valence electrons. The van der Waals surface area contributed by atoms with E-state index in [0.29, 0.717) is 0 Å². The Morgan fingerprint density at radius 3 is 2.62 bits per heavy atom. The fraction of sp³-hybridized carbons (Fsp3) is 0.118. The molecule has 0 saturated carbocycles. The topological polar surface area (TPSA) is 17.8 Å². The summed E-state index contributed by atoms with van der Waals surface area (Å²) >= 11 is 6.21. The molecule has 1 unspecified atom stereocenters. The van der Waals surface area contributed by atoms with Crippen LogP contribution in [-0.2, 0) is 0 Å². The molecule has 0 amide bonds. The Kier molecular flexibility index (Phi) is 4.45. The van der Waals surface area contributed by atoms with E-state index in [-0.39, 0.29) is 4.83 Å². The quantitative estimate of drug-likeness (QED) is 0.391. The van der Waals surface area contributed by atoms with Gasteiger partial charge in [-0.05, 0) is 52.8 Å². The first kappa shape index (κ1) is 14.8. The van der Waals surface area contributed by atoms with Crippen LogP contribution in [0.4, 0.5) is 0 Å². The minimum atomic E-state index is 0.154. The third-order valence-electron chi connectivity index (χ3n) is 3.41. The molecule has 0 fully saturated rings. The number of benzene rings is 2. The molecule has 3 aromatic rings. The van der Waals surface area contributed by atoms with Gasteiger partial charge in [-0.3, -0.25) is 0 Å². The molecule has 0 bridgehead atoms. The zero-order chi connectivity index (χ0) is 14.8. The van der Waals surface area contributed by atoms with Crippen molar-refractivity contribution in [2.24, 2.45) is 0 Å². The number of hydrogen-bond donors (Lipinski definition) is 0. The lowest BCUT2D eigenvalue weighted by Crippen LogP contribution is -1.97. The van der Waals surface area contributed by atoms with Crippen LogP contribution in [-0.4, -0.2) is 9.78 Å². The second-order valence-electron chi connectivity index (χ2n) is 4.89. The molecule has 0 N–H and O–H groups in total. The zero-order valence-corrected chi connectivity index (χ0v) is 15.2. The average Bonchev–Trinajstić information content (AvgIpc) is 3.00. The van der Waals surface area contributed by atoms with Gasteiger partial charge in [0.15, 0.2) is 0 Å². The number of para-hydroxylation sites is 1. The van der Waals surface area contributed by atoms with Gasteiger partial charge in [-0.2, -0.15) is 5.10 Å². The van der Waals surface area contributed by atoms with Gasteiger partial charge in [-0.15, -0.1) is 0 Å². The van der Waals surface area contributed by atoms with Gasteiger partial charge in [0.2, 0.25) is 0 Å². The molecule has 0 radical (unpaired) electrons. The summed E-state index contributed by atoms with van der Waals surface area (Å²) in [6, 6.07) is 16.6. The molecule has 4 heteroatoms. The molecule has 0 spiro atoms. The molecule has 1 atom stereocenters. The first-order chi connectivity index (χ1) is 10.2. The summed E-state index contributed by atoms with van der Waals surface area (Å²) in [5.74, 6) is 0. The highest BCUT2D eigenvalue weighted by atomic mass is 127. The summed E-state index contributed by atoms with van der Waals surface area (Å²) in [5, 5.41) is 4.47. The fourth-order valence-corrected chi connectivity index (χ4v) is 3.95. The standard InChI is InChI=1S/C17H14BrIN2/c1-12-6-5-9-15(17(12)19)16(18)13-10-20-21(11-13)14-7-3-2-4-8-14/h2-11,16H,1H3. The van der Waals surface area contributed by atoms with Crippen molar-refractivity contribution in [3.63, 3.8) is 0 Å². The van der Waals surface area contributed by atoms with Crippen molar-refractivity contribution in [2.45, 2.75) is 11.8 Å². The Balaban J connectivity index is 1.95. The van der Waals surface area contributed by atoms with Gasteiger partial charge < -0.3 is 0 Å². The molecule has 0 aliphatic rings. The van der Waals surface area contributed by atoms with Crippen molar-refractivity contribution in [3.8, 4) is 5.69 Å². The van der Waals surface area contributed by atoms with Crippen molar-refractivity contribution in [3.05, 3.63) is 81.2 Å². The van der Waals surface area contributed by atoms with Crippen LogP contribution in [0.2, 0.25) is 0 Å². The number of aryl methyl sites for hydroxylation is 1. The maximum atomic E-state index is 4.47. The molecule has 0 aliphatic carbocycles. The van der Waals surface area contributed by atoms with Crippen LogP contribution in [0.3, 0.4) is 0 Å². The highest BCUT2D eigenvalue weighted by Gasteiger charge is 2.16. The van der Waals surface area contributed by atoms with Crippen LogP contribution in [0, 0.1) is 10.5 Å². The van der Waals surface area contributed by atoms with Crippen molar-refractivity contribution in [2.75, 3.05) is 0 Å². The molecule has 1 aromatic heterocycles. The Labute approximate surface area is 146 Å². The van der Waals surface area contributed by atoms with Gasteiger partial charge in [0, 0.05) is 15.3 Å². The first-order valence-electron chi connectivity index (χ1n) is 6.66. The van der Waals surface area contributed by atoms with E-state index in [0.717, 1.165) is 11.3 Å². The van der Waals surface area contributed by atoms with E-state index in [9.17, 15) is 0 Å². The third kappa shape index (κ3) is 3.06. The number of hydrogen-bond acceptors (Lipinski definition) is 1. The predicted molar refractivity (Wildman–Crippen MR) is 98.2 cm³/mol. The van der Waals surface area contributed by atoms with E-state index in [1.54, 1.807) is 0 Å². The van der Waals surface area contributed by atoms with E-state index in [4.69, 9.17) is 0 Å². The highest BCUT2D eigenvalue weighted by molar-refractivity contribution is 14.1. The van der Waals surface area contributed by atoms with Gasteiger partial charge in [0.05, 0.1) is 16.7 Å². The molecule has 0 aliphatic heterocycles. The minimum absolute atomic E-state index is 0.154. The summed E-state index contributed by atoms with van der Waals surface area (Å²) < 4.78 is 3.20. The van der Waals surface area contributed by atoms with Crippen LogP contribution < -0.4 is 0 Å². The van der Waals surface area contributed by atoms with E-state index in [1.165, 1.54) is 14.7 Å². The number of halogens is 2. The summed E-state index contributed by atoms with van der Waals surface area (Å²) in [5.41, 5.74) is 4.81. The largest absolute Gasteiger partial charge is 0.241 e. The smallest absolute Gasteiger partial charge is 0.0685 e. The predicted octanol–water partition coefficient (Wildman–Crippen LogP) is 5.27. The maximum absolute atomic E-state index is 4.47. The van der Waals surface area contributed by atoms with Crippen LogP contribution >= 0.6 is 38.5 Å². The summed E-state index contributed by atoms with van der Waals surface area (Å²) in [6.07, 6.45) is 4.00.